The van der Waals surface area contributed by atoms with Crippen LogP contribution in [0.25, 0.3) is 0 Å². The van der Waals surface area contributed by atoms with Crippen molar-refractivity contribution in [3.05, 3.63) is 91.0 Å². The Hall–Kier alpha value is -3.90. The van der Waals surface area contributed by atoms with E-state index >= 15 is 0 Å². The minimum Gasteiger partial charge on any atom is -0.468 e. The molecule has 50 heavy (non-hydrogen) atoms. The number of nitrogens with one attached hydrogen (secondary N) is 3. The topological polar surface area (TPSA) is 166 Å². The van der Waals surface area contributed by atoms with Gasteiger partial charge >= 0.3 is 11.9 Å². The lowest BCUT2D eigenvalue weighted by Gasteiger charge is -2.27. The van der Waals surface area contributed by atoms with E-state index in [9.17, 15) is 24.0 Å². The van der Waals surface area contributed by atoms with Gasteiger partial charge in [0.2, 0.25) is 17.7 Å². The van der Waals surface area contributed by atoms with Gasteiger partial charge in [-0.1, -0.05) is 76.2 Å². The maximum atomic E-state index is 12.7. The number of ether oxygens (including phenoxy) is 2. The molecule has 0 aliphatic heterocycles. The van der Waals surface area contributed by atoms with Crippen LogP contribution in [0.5, 0.6) is 0 Å². The van der Waals surface area contributed by atoms with Gasteiger partial charge in [-0.2, -0.15) is 0 Å². The number of carbonyl (C=O) groups is 5. The van der Waals surface area contributed by atoms with E-state index < -0.39 is 43.1 Å². The Kier molecular flexibility index (Phi) is 17.9. The zero-order valence-electron chi connectivity index (χ0n) is 28.4. The van der Waals surface area contributed by atoms with Gasteiger partial charge in [0, 0.05) is 18.7 Å². The molecule has 0 aliphatic rings. The summed E-state index contributed by atoms with van der Waals surface area (Å²) in [6.07, 6.45) is 2.62. The van der Waals surface area contributed by atoms with E-state index in [0.29, 0.717) is 6.54 Å². The second kappa shape index (κ2) is 22.0. The largest absolute Gasteiger partial charge is 0.468 e. The second-order valence-corrected chi connectivity index (χ2v) is 17.3. The highest BCUT2D eigenvalue weighted by atomic mass is 33.1. The minimum absolute atomic E-state index is 0.0323. The predicted octanol–water partition coefficient (Wildman–Crippen LogP) is 2.31. The zero-order chi connectivity index (χ0) is 36.2. The SMILES string of the molecule is COC(=O)CNC(=O)[C@H](CSSCC(=O)NCCCC[P+](c1ccccc1)(c1ccccc1)c1ccccc1)NC(=O)CC[C@H](N)C(=O)OC. The lowest BCUT2D eigenvalue weighted by Crippen LogP contribution is -2.49. The first kappa shape index (κ1) is 40.5. The molecule has 2 atom stereocenters. The summed E-state index contributed by atoms with van der Waals surface area (Å²) in [5.41, 5.74) is 5.70. The van der Waals surface area contributed by atoms with Crippen molar-refractivity contribution in [3.8, 4) is 0 Å². The van der Waals surface area contributed by atoms with Crippen LogP contribution in [0.1, 0.15) is 25.7 Å². The lowest BCUT2D eigenvalue weighted by atomic mass is 10.1. The highest BCUT2D eigenvalue weighted by Gasteiger charge is 2.44. The Balaban J connectivity index is 1.50. The predicted molar refractivity (Wildman–Crippen MR) is 203 cm³/mol. The van der Waals surface area contributed by atoms with Gasteiger partial charge in [0.1, 0.15) is 41.8 Å². The normalized spacial score (nSPS) is 12.2. The summed E-state index contributed by atoms with van der Waals surface area (Å²) in [7, 11) is 2.97. The summed E-state index contributed by atoms with van der Waals surface area (Å²) in [5, 5.41) is 12.0. The van der Waals surface area contributed by atoms with E-state index in [1.807, 2.05) is 18.2 Å². The lowest BCUT2D eigenvalue weighted by molar-refractivity contribution is -0.142. The Morgan fingerprint density at radius 2 is 1.30 bits per heavy atom. The molecule has 0 saturated heterocycles. The van der Waals surface area contributed by atoms with Gasteiger partial charge in [-0.15, -0.1) is 0 Å². The number of amides is 3. The number of rotatable bonds is 21. The molecular formula is C36H46N4O7PS2+. The molecule has 14 heteroatoms. The van der Waals surface area contributed by atoms with Gasteiger partial charge in [-0.05, 0) is 55.7 Å². The molecule has 0 spiro atoms. The molecule has 5 N–H and O–H groups in total. The fourth-order valence-corrected chi connectivity index (χ4v) is 11.6. The van der Waals surface area contributed by atoms with Gasteiger partial charge in [0.05, 0.1) is 26.1 Å². The number of esters is 2. The molecule has 268 valence electrons. The van der Waals surface area contributed by atoms with Crippen LogP contribution in [0.2, 0.25) is 0 Å². The third-order valence-electron chi connectivity index (χ3n) is 7.81. The summed E-state index contributed by atoms with van der Waals surface area (Å²) in [6, 6.07) is 30.1. The Bertz CT molecular complexity index is 1420. The van der Waals surface area contributed by atoms with Crippen molar-refractivity contribution in [2.45, 2.75) is 37.8 Å². The van der Waals surface area contributed by atoms with Crippen molar-refractivity contribution < 1.29 is 33.4 Å². The van der Waals surface area contributed by atoms with Crippen LogP contribution in [-0.4, -0.2) is 86.7 Å². The molecule has 0 saturated carbocycles. The number of benzene rings is 3. The molecule has 0 aromatic heterocycles. The maximum Gasteiger partial charge on any atom is 0.325 e. The number of hydrogen-bond acceptors (Lipinski definition) is 10. The third kappa shape index (κ3) is 12.8. The summed E-state index contributed by atoms with van der Waals surface area (Å²) in [6.45, 7) is 0.172. The fourth-order valence-electron chi connectivity index (χ4n) is 5.21. The first-order valence-electron chi connectivity index (χ1n) is 16.2. The summed E-state index contributed by atoms with van der Waals surface area (Å²) < 4.78 is 9.13. The molecule has 0 fully saturated rings. The van der Waals surface area contributed by atoms with Gasteiger partial charge in [-0.3, -0.25) is 24.0 Å². The monoisotopic (exact) mass is 741 g/mol. The van der Waals surface area contributed by atoms with Crippen molar-refractivity contribution >= 4 is 74.4 Å². The first-order valence-corrected chi connectivity index (χ1v) is 20.7. The van der Waals surface area contributed by atoms with Crippen LogP contribution in [-0.2, 0) is 33.4 Å². The third-order valence-corrected chi connectivity index (χ3v) is 14.6. The maximum absolute atomic E-state index is 12.7. The number of nitrogens with two attached hydrogens (primary N) is 1. The van der Waals surface area contributed by atoms with Crippen LogP contribution >= 0.6 is 28.9 Å². The van der Waals surface area contributed by atoms with E-state index in [1.165, 1.54) is 51.7 Å². The highest BCUT2D eigenvalue weighted by molar-refractivity contribution is 8.76. The molecule has 11 nitrogen and oxygen atoms in total. The van der Waals surface area contributed by atoms with Crippen LogP contribution in [0.4, 0.5) is 0 Å². The molecule has 3 aromatic rings. The summed E-state index contributed by atoms with van der Waals surface area (Å²) in [4.78, 5) is 61.0. The van der Waals surface area contributed by atoms with Crippen LogP contribution in [0.15, 0.2) is 91.0 Å². The molecule has 3 amide bonds. The average Bonchev–Trinajstić information content (AvgIpc) is 3.16. The van der Waals surface area contributed by atoms with Crippen molar-refractivity contribution in [2.24, 2.45) is 5.73 Å². The van der Waals surface area contributed by atoms with E-state index in [1.54, 1.807) is 0 Å². The smallest absolute Gasteiger partial charge is 0.325 e. The summed E-state index contributed by atoms with van der Waals surface area (Å²) >= 11 is 0. The molecule has 3 rings (SSSR count). The van der Waals surface area contributed by atoms with Gasteiger partial charge in [-0.25, -0.2) is 0 Å². The van der Waals surface area contributed by atoms with Gasteiger partial charge in [0.15, 0.2) is 0 Å². The van der Waals surface area contributed by atoms with Crippen molar-refractivity contribution in [1.82, 2.24) is 16.0 Å². The number of unbranched alkanes of at least 4 members (excludes halogenated alkanes) is 1. The van der Waals surface area contributed by atoms with E-state index in [2.05, 4.69) is 98.2 Å². The Labute approximate surface area is 302 Å². The standard InChI is InChI=1S/C36H45N4O7PS2/c1-46-34(43)24-39-35(44)31(40-32(41)21-20-30(37)36(45)47-2)25-49-50-26-33(42)38-22-12-13-23-48(27-14-6-3-7-15-27,28-16-8-4-9-17-28)29-18-10-5-11-19-29/h3-11,14-19,30-31H,12-13,20-26,37H2,1-2H3,(H2-,38,39,40,41,42,44)/p+1/t30-,31-/m0/s1. The van der Waals surface area contributed by atoms with E-state index in [-0.39, 0.29) is 36.8 Å². The Morgan fingerprint density at radius 3 is 1.82 bits per heavy atom. The van der Waals surface area contributed by atoms with Crippen LogP contribution in [0, 0.1) is 0 Å². The molecule has 0 unspecified atom stereocenters. The van der Waals surface area contributed by atoms with E-state index in [4.69, 9.17) is 5.73 Å². The molecule has 0 radical (unpaired) electrons. The molecule has 3 aromatic carbocycles. The van der Waals surface area contributed by atoms with Crippen molar-refractivity contribution in [1.29, 1.82) is 0 Å². The number of hydrogen-bond donors (Lipinski definition) is 4. The number of carbonyl (C=O) groups excluding carboxylic acids is 5. The fraction of sp³-hybridized carbons (Fsp3) is 0.361. The minimum atomic E-state index is -1.93. The molecular weight excluding hydrogens is 696 g/mol. The number of methoxy groups -OCH3 is 2. The molecule has 0 aliphatic carbocycles. The van der Waals surface area contributed by atoms with Crippen LogP contribution < -0.4 is 37.6 Å². The summed E-state index contributed by atoms with van der Waals surface area (Å²) in [5.74, 6) is -2.22. The highest BCUT2D eigenvalue weighted by Crippen LogP contribution is 2.55. The molecule has 0 bridgehead atoms. The Morgan fingerprint density at radius 1 is 0.740 bits per heavy atom. The van der Waals surface area contributed by atoms with Crippen LogP contribution in [0.3, 0.4) is 0 Å². The zero-order valence-corrected chi connectivity index (χ0v) is 30.9. The average molecular weight is 742 g/mol. The van der Waals surface area contributed by atoms with Gasteiger partial charge in [0.25, 0.3) is 0 Å². The van der Waals surface area contributed by atoms with Crippen molar-refractivity contribution in [2.75, 3.05) is 45.0 Å². The first-order chi connectivity index (χ1) is 24.2. The van der Waals surface area contributed by atoms with Crippen molar-refractivity contribution in [3.63, 3.8) is 0 Å². The quantitative estimate of drug-likeness (QED) is 0.0551. The van der Waals surface area contributed by atoms with E-state index in [0.717, 1.165) is 19.0 Å². The van der Waals surface area contributed by atoms with Gasteiger partial charge < -0.3 is 31.2 Å². The second-order valence-electron chi connectivity index (χ2n) is 11.2. The molecule has 0 heterocycles.